The van der Waals surface area contributed by atoms with Crippen molar-refractivity contribution in [3.05, 3.63) is 0 Å². The molecule has 0 amide bonds. The van der Waals surface area contributed by atoms with Crippen molar-refractivity contribution in [1.29, 1.82) is 0 Å². The summed E-state index contributed by atoms with van der Waals surface area (Å²) < 4.78 is 5.60. The van der Waals surface area contributed by atoms with Crippen LogP contribution in [0.5, 0.6) is 0 Å². The van der Waals surface area contributed by atoms with Crippen LogP contribution >= 0.6 is 21.8 Å². The highest BCUT2D eigenvalue weighted by Gasteiger charge is 2.15. The van der Waals surface area contributed by atoms with Crippen LogP contribution in [0.15, 0.2) is 0 Å². The van der Waals surface area contributed by atoms with E-state index in [1.807, 2.05) is 0 Å². The summed E-state index contributed by atoms with van der Waals surface area (Å²) in [5.41, 5.74) is 0. The second-order valence-electron chi connectivity index (χ2n) is 2.57. The largest absolute Gasteiger partial charge is 0.408 e. The van der Waals surface area contributed by atoms with Crippen molar-refractivity contribution in [1.82, 2.24) is 0 Å². The highest BCUT2D eigenvalue weighted by molar-refractivity contribution is 14.1. The molecule has 56 valence electrons. The van der Waals surface area contributed by atoms with Gasteiger partial charge < -0.3 is 4.43 Å². The minimum Gasteiger partial charge on any atom is -0.408 e. The lowest BCUT2D eigenvalue weighted by atomic mass is 10.4. The van der Waals surface area contributed by atoms with E-state index in [4.69, 9.17) is 4.43 Å². The van der Waals surface area contributed by atoms with Crippen molar-refractivity contribution in [3.8, 4) is 0 Å². The molecule has 0 aromatic rings. The Morgan fingerprint density at radius 2 is 2.00 bits per heavy atom. The Kier molecular flexibility index (Phi) is 5.15. The smallest absolute Gasteiger partial charge is 0.252 e. The van der Waals surface area contributed by atoms with Crippen LogP contribution in [0.2, 0.25) is 13.1 Å². The van der Waals surface area contributed by atoms with E-state index >= 15 is 0 Å². The molecule has 0 bridgehead atoms. The zero-order valence-electron chi connectivity index (χ0n) is 6.41. The van der Waals surface area contributed by atoms with E-state index in [1.165, 1.54) is 12.8 Å². The van der Waals surface area contributed by atoms with Crippen LogP contribution in [0.3, 0.4) is 0 Å². The molecular weight excluding hydrogens is 243 g/mol. The van der Waals surface area contributed by atoms with Gasteiger partial charge >= 0.3 is 0 Å². The predicted octanol–water partition coefficient (Wildman–Crippen LogP) is 2.94. The summed E-state index contributed by atoms with van der Waals surface area (Å²) in [5, 5.41) is 0. The fourth-order valence-corrected chi connectivity index (χ4v) is 1.75. The van der Waals surface area contributed by atoms with E-state index in [-0.39, 0.29) is 0 Å². The standard InChI is InChI=1S/C6H15IOSi/c1-4-5-6-8-9(2,3)7/h4-6H2,1-3H3. The first-order chi connectivity index (χ1) is 4.06. The van der Waals surface area contributed by atoms with Gasteiger partial charge in [-0.25, -0.2) is 0 Å². The third-order valence-electron chi connectivity index (χ3n) is 0.943. The molecule has 0 rings (SSSR count). The Bertz CT molecular complexity index is 69.9. The van der Waals surface area contributed by atoms with E-state index in [1.54, 1.807) is 0 Å². The predicted molar refractivity (Wildman–Crippen MR) is 52.4 cm³/mol. The van der Waals surface area contributed by atoms with Crippen LogP contribution in [0.25, 0.3) is 0 Å². The van der Waals surface area contributed by atoms with Crippen molar-refractivity contribution >= 4 is 27.6 Å². The van der Waals surface area contributed by atoms with Gasteiger partial charge in [0.2, 0.25) is 0 Å². The molecule has 0 atom stereocenters. The molecule has 0 heterocycles. The molecule has 0 saturated heterocycles. The van der Waals surface area contributed by atoms with Gasteiger partial charge in [-0.1, -0.05) is 35.1 Å². The molecule has 3 heteroatoms. The van der Waals surface area contributed by atoms with Gasteiger partial charge in [0.1, 0.15) is 0 Å². The lowest BCUT2D eigenvalue weighted by Crippen LogP contribution is -2.21. The zero-order chi connectivity index (χ0) is 7.33. The Hall–Kier alpha value is 0.907. The SMILES string of the molecule is CCCCO[Si](C)(C)I. The fraction of sp³-hybridized carbons (Fsp3) is 1.00. The summed E-state index contributed by atoms with van der Waals surface area (Å²) in [6.07, 6.45) is 2.44. The summed E-state index contributed by atoms with van der Waals surface area (Å²) in [6, 6.07) is 0. The van der Waals surface area contributed by atoms with Crippen LogP contribution in [-0.2, 0) is 4.43 Å². The molecule has 0 saturated carbocycles. The highest BCUT2D eigenvalue weighted by atomic mass is 127. The quantitative estimate of drug-likeness (QED) is 0.326. The van der Waals surface area contributed by atoms with Gasteiger partial charge in [-0.2, -0.15) is 0 Å². The van der Waals surface area contributed by atoms with Gasteiger partial charge in [0.05, 0.1) is 0 Å². The first-order valence-electron chi connectivity index (χ1n) is 3.39. The van der Waals surface area contributed by atoms with Crippen molar-refractivity contribution < 1.29 is 4.43 Å². The van der Waals surface area contributed by atoms with E-state index < -0.39 is 5.81 Å². The first-order valence-corrected chi connectivity index (χ1v) is 9.41. The molecule has 0 aromatic carbocycles. The van der Waals surface area contributed by atoms with E-state index in [0.717, 1.165) is 6.61 Å². The molecule has 0 aliphatic rings. The van der Waals surface area contributed by atoms with Gasteiger partial charge in [0.15, 0.2) is 0 Å². The third-order valence-corrected chi connectivity index (χ3v) is 2.77. The van der Waals surface area contributed by atoms with Gasteiger partial charge in [0, 0.05) is 6.61 Å². The molecule has 0 unspecified atom stereocenters. The topological polar surface area (TPSA) is 9.23 Å². The lowest BCUT2D eigenvalue weighted by Gasteiger charge is -2.13. The van der Waals surface area contributed by atoms with Gasteiger partial charge in [0.25, 0.3) is 5.81 Å². The maximum Gasteiger partial charge on any atom is 0.252 e. The van der Waals surface area contributed by atoms with E-state index in [2.05, 4.69) is 41.8 Å². The second kappa shape index (κ2) is 4.68. The Balaban J connectivity index is 3.07. The minimum absolute atomic E-state index is 0.957. The Morgan fingerprint density at radius 3 is 2.33 bits per heavy atom. The molecule has 9 heavy (non-hydrogen) atoms. The van der Waals surface area contributed by atoms with Crippen molar-refractivity contribution in [2.45, 2.75) is 32.9 Å². The van der Waals surface area contributed by atoms with E-state index in [0.29, 0.717) is 0 Å². The van der Waals surface area contributed by atoms with Gasteiger partial charge in [-0.3, -0.25) is 0 Å². The van der Waals surface area contributed by atoms with Crippen LogP contribution in [0.1, 0.15) is 19.8 Å². The van der Waals surface area contributed by atoms with Crippen molar-refractivity contribution in [3.63, 3.8) is 0 Å². The molecule has 0 aliphatic heterocycles. The summed E-state index contributed by atoms with van der Waals surface area (Å²) in [7, 11) is 0. The molecule has 1 nitrogen and oxygen atoms in total. The van der Waals surface area contributed by atoms with E-state index in [9.17, 15) is 0 Å². The van der Waals surface area contributed by atoms with Crippen LogP contribution in [0.4, 0.5) is 0 Å². The van der Waals surface area contributed by atoms with Crippen LogP contribution in [0, 0.1) is 0 Å². The number of halogens is 1. The van der Waals surface area contributed by atoms with Crippen LogP contribution < -0.4 is 0 Å². The third kappa shape index (κ3) is 8.91. The Morgan fingerprint density at radius 1 is 1.44 bits per heavy atom. The maximum atomic E-state index is 5.60. The highest BCUT2D eigenvalue weighted by Crippen LogP contribution is 2.13. The van der Waals surface area contributed by atoms with Gasteiger partial charge in [-0.05, 0) is 19.5 Å². The second-order valence-corrected chi connectivity index (χ2v) is 13.4. The molecule has 0 fully saturated rings. The number of unbranched alkanes of at least 4 members (excludes halogenated alkanes) is 1. The van der Waals surface area contributed by atoms with Crippen molar-refractivity contribution in [2.75, 3.05) is 6.61 Å². The number of rotatable bonds is 4. The minimum atomic E-state index is -1.22. The summed E-state index contributed by atoms with van der Waals surface area (Å²) in [5.74, 6) is -1.22. The fourth-order valence-electron chi connectivity index (χ4n) is 0.459. The maximum absolute atomic E-state index is 5.60. The molecule has 0 aliphatic carbocycles. The van der Waals surface area contributed by atoms with Gasteiger partial charge in [-0.15, -0.1) is 0 Å². The summed E-state index contributed by atoms with van der Waals surface area (Å²) >= 11 is 2.43. The lowest BCUT2D eigenvalue weighted by molar-refractivity contribution is 0.315. The van der Waals surface area contributed by atoms with Crippen LogP contribution in [-0.4, -0.2) is 12.4 Å². The first kappa shape index (κ1) is 9.91. The molecule has 0 aromatic heterocycles. The molecule has 0 N–H and O–H groups in total. The normalized spacial score (nSPS) is 12.0. The summed E-state index contributed by atoms with van der Waals surface area (Å²) in [4.78, 5) is 0. The average molecular weight is 258 g/mol. The average Bonchev–Trinajstić information content (AvgIpc) is 1.63. The molecular formula is C6H15IOSi. The monoisotopic (exact) mass is 258 g/mol. The number of hydrogen-bond acceptors (Lipinski definition) is 1. The summed E-state index contributed by atoms with van der Waals surface area (Å²) in [6.45, 7) is 7.57. The zero-order valence-corrected chi connectivity index (χ0v) is 9.57. The number of hydrogen-bond donors (Lipinski definition) is 0. The molecule has 0 spiro atoms. The Labute approximate surface area is 71.5 Å². The molecule has 0 radical (unpaired) electrons. The van der Waals surface area contributed by atoms with Crippen molar-refractivity contribution in [2.24, 2.45) is 0 Å².